The second kappa shape index (κ2) is 10.00. The van der Waals surface area contributed by atoms with Crippen molar-refractivity contribution in [2.45, 2.75) is 13.0 Å². The number of hydrogen-bond acceptors (Lipinski definition) is 4. The lowest BCUT2D eigenvalue weighted by Gasteiger charge is -2.09. The van der Waals surface area contributed by atoms with Crippen molar-refractivity contribution in [1.29, 1.82) is 0 Å². The first-order valence-corrected chi connectivity index (χ1v) is 8.46. The van der Waals surface area contributed by atoms with Gasteiger partial charge in [0.2, 0.25) is 0 Å². The predicted octanol–water partition coefficient (Wildman–Crippen LogP) is 1.44. The molecular weight excluding hydrogens is 369 g/mol. The minimum Gasteiger partial charge on any atom is -1.00 e. The maximum Gasteiger partial charge on any atom is 0.160 e. The third-order valence-corrected chi connectivity index (χ3v) is 4.14. The summed E-state index contributed by atoms with van der Waals surface area (Å²) in [5.74, 6) is 2.48. The van der Waals surface area contributed by atoms with Gasteiger partial charge in [-0.1, -0.05) is 18.2 Å². The molecule has 4 nitrogen and oxygen atoms in total. The summed E-state index contributed by atoms with van der Waals surface area (Å²) in [6.45, 7) is 1.37. The monoisotopic (exact) mass is 390 g/mol. The Morgan fingerprint density at radius 2 is 1.74 bits per heavy atom. The van der Waals surface area contributed by atoms with Crippen molar-refractivity contribution in [3.63, 3.8) is 0 Å². The van der Waals surface area contributed by atoms with Crippen LogP contribution >= 0.6 is 0 Å². The minimum absolute atomic E-state index is 0. The van der Waals surface area contributed by atoms with E-state index in [9.17, 15) is 4.39 Å². The summed E-state index contributed by atoms with van der Waals surface area (Å²) in [6.07, 6.45) is 0.848. The Morgan fingerprint density at radius 1 is 0.963 bits per heavy atom. The van der Waals surface area contributed by atoms with Crippen LogP contribution in [0, 0.1) is 5.82 Å². The number of halogens is 2. The fraction of sp³-hybridized carbons (Fsp3) is 0.238. The van der Waals surface area contributed by atoms with E-state index in [4.69, 9.17) is 13.9 Å². The molecule has 0 unspecified atom stereocenters. The summed E-state index contributed by atoms with van der Waals surface area (Å²) >= 11 is 0. The van der Waals surface area contributed by atoms with Crippen LogP contribution in [0.4, 0.5) is 4.39 Å². The van der Waals surface area contributed by atoms with Crippen LogP contribution in [0.2, 0.25) is 0 Å². The third-order valence-electron chi connectivity index (χ3n) is 4.14. The van der Waals surface area contributed by atoms with Crippen LogP contribution in [0.15, 0.2) is 59.0 Å². The first-order valence-electron chi connectivity index (χ1n) is 8.46. The highest BCUT2D eigenvalue weighted by Crippen LogP contribution is 2.27. The molecule has 0 aliphatic rings. The van der Waals surface area contributed by atoms with Crippen molar-refractivity contribution in [3.8, 4) is 22.8 Å². The second-order valence-electron chi connectivity index (χ2n) is 5.86. The van der Waals surface area contributed by atoms with E-state index in [1.807, 2.05) is 24.3 Å². The molecule has 1 aromatic heterocycles. The Hall–Kier alpha value is -2.50. The average Bonchev–Trinajstić information content (AvgIpc) is 3.14. The molecule has 0 fully saturated rings. The van der Waals surface area contributed by atoms with Gasteiger partial charge in [-0.15, -0.1) is 0 Å². The molecule has 0 spiro atoms. The van der Waals surface area contributed by atoms with Crippen LogP contribution in [0.5, 0.6) is 11.5 Å². The molecule has 3 rings (SSSR count). The zero-order valence-electron chi connectivity index (χ0n) is 15.3. The van der Waals surface area contributed by atoms with Gasteiger partial charge >= 0.3 is 0 Å². The fourth-order valence-corrected chi connectivity index (χ4v) is 2.76. The lowest BCUT2D eigenvalue weighted by Crippen LogP contribution is -3.00. The van der Waals surface area contributed by atoms with Gasteiger partial charge in [0, 0.05) is 0 Å². The molecule has 0 amide bonds. The smallest absolute Gasteiger partial charge is 0.160 e. The Morgan fingerprint density at radius 3 is 2.48 bits per heavy atom. The molecule has 6 heteroatoms. The van der Waals surface area contributed by atoms with Crippen LogP contribution in [-0.2, 0) is 13.0 Å². The van der Waals surface area contributed by atoms with Gasteiger partial charge in [0.15, 0.2) is 11.5 Å². The van der Waals surface area contributed by atoms with E-state index in [0.29, 0.717) is 17.9 Å². The molecule has 0 atom stereocenters. The van der Waals surface area contributed by atoms with Crippen molar-refractivity contribution in [1.82, 2.24) is 5.32 Å². The maximum atomic E-state index is 13.8. The van der Waals surface area contributed by atoms with Gasteiger partial charge in [0.05, 0.1) is 26.3 Å². The average molecular weight is 391 g/mol. The highest BCUT2D eigenvalue weighted by atomic mass is 35.5. The Labute approximate surface area is 164 Å². The molecular formula is C21H22ClFNO3-. The van der Waals surface area contributed by atoms with Crippen molar-refractivity contribution in [2.75, 3.05) is 20.8 Å². The Balaban J connectivity index is 0.00000261. The van der Waals surface area contributed by atoms with Gasteiger partial charge in [-0.05, 0) is 54.9 Å². The van der Waals surface area contributed by atoms with E-state index in [0.717, 1.165) is 35.8 Å². The third kappa shape index (κ3) is 5.25. The molecule has 144 valence electrons. The van der Waals surface area contributed by atoms with E-state index in [1.54, 1.807) is 38.5 Å². The quantitative estimate of drug-likeness (QED) is 0.591. The molecule has 27 heavy (non-hydrogen) atoms. The number of furan rings is 1. The van der Waals surface area contributed by atoms with Gasteiger partial charge in [0.25, 0.3) is 0 Å². The van der Waals surface area contributed by atoms with E-state index < -0.39 is 0 Å². The van der Waals surface area contributed by atoms with E-state index in [-0.39, 0.29) is 18.2 Å². The van der Waals surface area contributed by atoms with Crippen molar-refractivity contribution in [2.24, 2.45) is 0 Å². The first kappa shape index (κ1) is 20.8. The van der Waals surface area contributed by atoms with Gasteiger partial charge in [0.1, 0.15) is 17.3 Å². The number of rotatable bonds is 8. The van der Waals surface area contributed by atoms with E-state index in [1.165, 1.54) is 6.07 Å². The standard InChI is InChI=1S/C21H22FNO3.ClH/c1-24-20-9-7-15(13-21(20)25-2)11-12-23-14-16-8-10-19(26-16)17-5-3-4-6-18(17)22;/h3-10,13,23H,11-12,14H2,1-2H3;1H/p-1. The number of benzene rings is 2. The number of ether oxygens (including phenoxy) is 2. The number of hydrogen-bond donors (Lipinski definition) is 1. The van der Waals surface area contributed by atoms with Crippen molar-refractivity contribution in [3.05, 3.63) is 71.7 Å². The molecule has 0 aliphatic heterocycles. The lowest BCUT2D eigenvalue weighted by molar-refractivity contribution is -0.00000698. The van der Waals surface area contributed by atoms with Crippen molar-refractivity contribution >= 4 is 0 Å². The number of nitrogens with one attached hydrogen (secondary N) is 1. The van der Waals surface area contributed by atoms with E-state index >= 15 is 0 Å². The summed E-state index contributed by atoms with van der Waals surface area (Å²) in [6, 6.07) is 16.2. The molecule has 1 N–H and O–H groups in total. The molecule has 0 saturated carbocycles. The Kier molecular flexibility index (Phi) is 7.70. The molecule has 0 aliphatic carbocycles. The lowest BCUT2D eigenvalue weighted by atomic mass is 10.1. The van der Waals surface area contributed by atoms with Gasteiger partial charge in [-0.3, -0.25) is 0 Å². The summed E-state index contributed by atoms with van der Waals surface area (Å²) in [5, 5.41) is 3.34. The van der Waals surface area contributed by atoms with Gasteiger partial charge in [-0.25, -0.2) is 4.39 Å². The summed E-state index contributed by atoms with van der Waals surface area (Å²) < 4.78 is 30.1. The first-order chi connectivity index (χ1) is 12.7. The van der Waals surface area contributed by atoms with Crippen LogP contribution in [0.3, 0.4) is 0 Å². The van der Waals surface area contributed by atoms with Crippen LogP contribution in [0.1, 0.15) is 11.3 Å². The zero-order valence-corrected chi connectivity index (χ0v) is 16.1. The van der Waals surface area contributed by atoms with Crippen LogP contribution in [0.25, 0.3) is 11.3 Å². The van der Waals surface area contributed by atoms with Crippen LogP contribution < -0.4 is 27.2 Å². The topological polar surface area (TPSA) is 43.6 Å². The van der Waals surface area contributed by atoms with E-state index in [2.05, 4.69) is 5.32 Å². The summed E-state index contributed by atoms with van der Waals surface area (Å²) in [4.78, 5) is 0. The molecule has 0 saturated heterocycles. The predicted molar refractivity (Wildman–Crippen MR) is 99.1 cm³/mol. The molecule has 1 heterocycles. The van der Waals surface area contributed by atoms with Crippen molar-refractivity contribution < 1.29 is 30.7 Å². The largest absolute Gasteiger partial charge is 1.00 e. The molecule has 3 aromatic rings. The number of methoxy groups -OCH3 is 2. The minimum atomic E-state index is -0.283. The second-order valence-corrected chi connectivity index (χ2v) is 5.86. The highest BCUT2D eigenvalue weighted by molar-refractivity contribution is 5.58. The van der Waals surface area contributed by atoms with Gasteiger partial charge in [-0.2, -0.15) is 0 Å². The molecule has 0 radical (unpaired) electrons. The zero-order chi connectivity index (χ0) is 18.4. The fourth-order valence-electron chi connectivity index (χ4n) is 2.76. The molecule has 2 aromatic carbocycles. The highest BCUT2D eigenvalue weighted by Gasteiger charge is 2.09. The SMILES string of the molecule is COc1ccc(CCNCc2ccc(-c3ccccc3F)o2)cc1OC.[Cl-]. The van der Waals surface area contributed by atoms with Crippen LogP contribution in [-0.4, -0.2) is 20.8 Å². The molecule has 0 bridgehead atoms. The Bertz CT molecular complexity index is 866. The normalized spacial score (nSPS) is 10.3. The summed E-state index contributed by atoms with van der Waals surface area (Å²) in [7, 11) is 3.25. The summed E-state index contributed by atoms with van der Waals surface area (Å²) in [5.41, 5.74) is 1.63. The maximum absolute atomic E-state index is 13.8. The van der Waals surface area contributed by atoms with Gasteiger partial charge < -0.3 is 31.6 Å².